The number of likely N-dealkylation sites (N-methyl/N-ethyl adjacent to an activating group) is 1. The van der Waals surface area contributed by atoms with E-state index < -0.39 is 0 Å². The molecule has 3 nitrogen and oxygen atoms in total. The van der Waals surface area contributed by atoms with E-state index in [0.717, 1.165) is 0 Å². The highest BCUT2D eigenvalue weighted by molar-refractivity contribution is 5.95. The highest BCUT2D eigenvalue weighted by atomic mass is 16.2. The minimum Gasteiger partial charge on any atom is -0.399 e. The summed E-state index contributed by atoms with van der Waals surface area (Å²) >= 11 is 0. The molecule has 1 amide bonds. The lowest BCUT2D eigenvalue weighted by molar-refractivity contribution is 0.0683. The number of hydrogen-bond acceptors (Lipinski definition) is 2. The maximum Gasteiger partial charge on any atom is 0.254 e. The molecule has 0 radical (unpaired) electrons. The predicted octanol–water partition coefficient (Wildman–Crippen LogP) is 3.20. The Hall–Kier alpha value is -2.29. The van der Waals surface area contributed by atoms with Crippen molar-refractivity contribution in [3.05, 3.63) is 65.2 Å². The third-order valence-electron chi connectivity index (χ3n) is 4.17. The number of nitrogen functional groups attached to an aromatic ring is 1. The summed E-state index contributed by atoms with van der Waals surface area (Å²) < 4.78 is 0. The standard InChI is InChI=1S/C17H18N2O/c1-11-14-5-3-4-6-15(14)16(11)19(2)17(20)12-7-9-13(18)10-8-12/h3-11,16H,18H2,1-2H3/t11?,16-/m1/s1. The van der Waals surface area contributed by atoms with E-state index in [1.54, 1.807) is 24.3 Å². The SMILES string of the molecule is CC1c2ccccc2[C@@H]1N(C)C(=O)c1ccc(N)cc1. The van der Waals surface area contributed by atoms with Gasteiger partial charge in [-0.1, -0.05) is 31.2 Å². The second-order valence-electron chi connectivity index (χ2n) is 5.40. The van der Waals surface area contributed by atoms with Crippen LogP contribution in [-0.4, -0.2) is 17.9 Å². The first-order chi connectivity index (χ1) is 9.59. The molecule has 102 valence electrons. The number of fused-ring (bicyclic) bond motifs is 1. The van der Waals surface area contributed by atoms with Gasteiger partial charge in [0.05, 0.1) is 6.04 Å². The van der Waals surface area contributed by atoms with Gasteiger partial charge in [0.25, 0.3) is 5.91 Å². The van der Waals surface area contributed by atoms with E-state index in [2.05, 4.69) is 19.1 Å². The maximum absolute atomic E-state index is 12.5. The van der Waals surface area contributed by atoms with Gasteiger partial charge in [-0.25, -0.2) is 0 Å². The van der Waals surface area contributed by atoms with Crippen LogP contribution in [-0.2, 0) is 0 Å². The maximum atomic E-state index is 12.5. The number of benzene rings is 2. The van der Waals surface area contributed by atoms with E-state index in [1.165, 1.54) is 11.1 Å². The molecule has 2 aromatic rings. The second kappa shape index (κ2) is 4.67. The molecule has 0 bridgehead atoms. The molecule has 2 aromatic carbocycles. The summed E-state index contributed by atoms with van der Waals surface area (Å²) in [6, 6.07) is 15.6. The van der Waals surface area contributed by atoms with Gasteiger partial charge in [-0.3, -0.25) is 4.79 Å². The Bertz CT molecular complexity index is 648. The number of nitrogens with zero attached hydrogens (tertiary/aromatic N) is 1. The molecule has 0 aliphatic heterocycles. The molecular formula is C17H18N2O. The van der Waals surface area contributed by atoms with E-state index >= 15 is 0 Å². The van der Waals surface area contributed by atoms with Gasteiger partial charge in [0.1, 0.15) is 0 Å². The van der Waals surface area contributed by atoms with Gasteiger partial charge in [-0.05, 0) is 35.4 Å². The molecule has 3 heteroatoms. The fourth-order valence-electron chi connectivity index (χ4n) is 3.04. The molecule has 3 rings (SSSR count). The van der Waals surface area contributed by atoms with Crippen molar-refractivity contribution in [2.24, 2.45) is 0 Å². The van der Waals surface area contributed by atoms with Gasteiger partial charge < -0.3 is 10.6 Å². The molecule has 1 aliphatic rings. The van der Waals surface area contributed by atoms with E-state index in [4.69, 9.17) is 5.73 Å². The van der Waals surface area contributed by atoms with Crippen LogP contribution >= 0.6 is 0 Å². The lowest BCUT2D eigenvalue weighted by Gasteiger charge is -2.43. The first kappa shape index (κ1) is 12.7. The highest BCUT2D eigenvalue weighted by Gasteiger charge is 2.38. The van der Waals surface area contributed by atoms with E-state index in [1.807, 2.05) is 24.1 Å². The summed E-state index contributed by atoms with van der Waals surface area (Å²) in [5, 5.41) is 0. The molecule has 1 aliphatic carbocycles. The zero-order chi connectivity index (χ0) is 14.3. The van der Waals surface area contributed by atoms with Crippen molar-refractivity contribution in [1.29, 1.82) is 0 Å². The average molecular weight is 266 g/mol. The van der Waals surface area contributed by atoms with Gasteiger partial charge in [-0.15, -0.1) is 0 Å². The number of rotatable bonds is 2. The summed E-state index contributed by atoms with van der Waals surface area (Å²) in [6.45, 7) is 2.17. The number of carbonyl (C=O) groups excluding carboxylic acids is 1. The normalized spacial score (nSPS) is 19.9. The van der Waals surface area contributed by atoms with Crippen molar-refractivity contribution in [2.75, 3.05) is 12.8 Å². The summed E-state index contributed by atoms with van der Waals surface area (Å²) in [4.78, 5) is 14.4. The molecule has 2 N–H and O–H groups in total. The Morgan fingerprint density at radius 2 is 1.65 bits per heavy atom. The van der Waals surface area contributed by atoms with Crippen LogP contribution in [0.5, 0.6) is 0 Å². The summed E-state index contributed by atoms with van der Waals surface area (Å²) in [7, 11) is 1.87. The summed E-state index contributed by atoms with van der Waals surface area (Å²) in [6.07, 6.45) is 0. The van der Waals surface area contributed by atoms with Crippen LogP contribution in [0.25, 0.3) is 0 Å². The number of amides is 1. The number of carbonyl (C=O) groups is 1. The first-order valence-electron chi connectivity index (χ1n) is 6.81. The molecule has 20 heavy (non-hydrogen) atoms. The second-order valence-corrected chi connectivity index (χ2v) is 5.40. The summed E-state index contributed by atoms with van der Waals surface area (Å²) in [5.74, 6) is 0.422. The Labute approximate surface area is 119 Å². The van der Waals surface area contributed by atoms with Crippen LogP contribution in [0.4, 0.5) is 5.69 Å². The first-order valence-corrected chi connectivity index (χ1v) is 6.81. The Balaban J connectivity index is 1.85. The van der Waals surface area contributed by atoms with Gasteiger partial charge in [-0.2, -0.15) is 0 Å². The fourth-order valence-corrected chi connectivity index (χ4v) is 3.04. The summed E-state index contributed by atoms with van der Waals surface area (Å²) in [5.41, 5.74) is 9.61. The van der Waals surface area contributed by atoms with Crippen molar-refractivity contribution in [2.45, 2.75) is 18.9 Å². The Morgan fingerprint density at radius 1 is 1.05 bits per heavy atom. The zero-order valence-electron chi connectivity index (χ0n) is 11.7. The lowest BCUT2D eigenvalue weighted by atomic mass is 9.73. The van der Waals surface area contributed by atoms with Crippen molar-refractivity contribution >= 4 is 11.6 Å². The van der Waals surface area contributed by atoms with Gasteiger partial charge in [0, 0.05) is 24.2 Å². The molecule has 0 saturated carbocycles. The van der Waals surface area contributed by atoms with E-state index in [0.29, 0.717) is 17.2 Å². The average Bonchev–Trinajstić information content (AvgIpc) is 2.47. The molecule has 0 heterocycles. The molecule has 1 unspecified atom stereocenters. The number of nitrogens with two attached hydrogens (primary N) is 1. The Morgan fingerprint density at radius 3 is 2.30 bits per heavy atom. The van der Waals surface area contributed by atoms with Crippen LogP contribution in [0, 0.1) is 0 Å². The number of anilines is 1. The highest BCUT2D eigenvalue weighted by Crippen LogP contribution is 2.47. The van der Waals surface area contributed by atoms with Gasteiger partial charge >= 0.3 is 0 Å². The molecular weight excluding hydrogens is 248 g/mol. The molecule has 0 aromatic heterocycles. The molecule has 0 spiro atoms. The minimum absolute atomic E-state index is 0.0383. The zero-order valence-corrected chi connectivity index (χ0v) is 11.7. The van der Waals surface area contributed by atoms with Crippen LogP contribution < -0.4 is 5.73 Å². The van der Waals surface area contributed by atoms with E-state index in [9.17, 15) is 4.79 Å². The quantitative estimate of drug-likeness (QED) is 0.848. The van der Waals surface area contributed by atoms with E-state index in [-0.39, 0.29) is 11.9 Å². The smallest absolute Gasteiger partial charge is 0.254 e. The lowest BCUT2D eigenvalue weighted by Crippen LogP contribution is -2.39. The topological polar surface area (TPSA) is 46.3 Å². The van der Waals surface area contributed by atoms with Gasteiger partial charge in [0.2, 0.25) is 0 Å². The predicted molar refractivity (Wildman–Crippen MR) is 80.5 cm³/mol. The van der Waals surface area contributed by atoms with Crippen molar-refractivity contribution in [3.63, 3.8) is 0 Å². The number of hydrogen-bond donors (Lipinski definition) is 1. The van der Waals surface area contributed by atoms with Crippen LogP contribution in [0.1, 0.15) is 40.4 Å². The third kappa shape index (κ3) is 1.86. The van der Waals surface area contributed by atoms with Crippen LogP contribution in [0.2, 0.25) is 0 Å². The monoisotopic (exact) mass is 266 g/mol. The van der Waals surface area contributed by atoms with Crippen LogP contribution in [0.3, 0.4) is 0 Å². The largest absolute Gasteiger partial charge is 0.399 e. The molecule has 0 fully saturated rings. The van der Waals surface area contributed by atoms with Gasteiger partial charge in [0.15, 0.2) is 0 Å². The Kier molecular flexibility index (Phi) is 2.97. The fraction of sp³-hybridized carbons (Fsp3) is 0.235. The van der Waals surface area contributed by atoms with Crippen molar-refractivity contribution in [3.8, 4) is 0 Å². The third-order valence-corrected chi connectivity index (χ3v) is 4.17. The van der Waals surface area contributed by atoms with Crippen molar-refractivity contribution < 1.29 is 4.79 Å². The molecule has 0 saturated heterocycles. The van der Waals surface area contributed by atoms with Crippen LogP contribution in [0.15, 0.2) is 48.5 Å². The molecule has 2 atom stereocenters. The minimum atomic E-state index is 0.0383. The van der Waals surface area contributed by atoms with Crippen molar-refractivity contribution in [1.82, 2.24) is 4.90 Å².